The lowest BCUT2D eigenvalue weighted by Crippen LogP contribution is -2.42. The van der Waals surface area contributed by atoms with Crippen molar-refractivity contribution in [3.63, 3.8) is 0 Å². The van der Waals surface area contributed by atoms with E-state index in [9.17, 15) is 8.78 Å². The Balaban J connectivity index is 2.19. The Morgan fingerprint density at radius 1 is 1.62 bits per heavy atom. The number of methoxy groups -OCH3 is 1. The van der Waals surface area contributed by atoms with Crippen LogP contribution in [0.15, 0.2) is 4.99 Å². The highest BCUT2D eigenvalue weighted by Gasteiger charge is 2.44. The van der Waals surface area contributed by atoms with Crippen molar-refractivity contribution in [3.8, 4) is 0 Å². The molecular formula is C10H19F2N3O. The summed E-state index contributed by atoms with van der Waals surface area (Å²) in [7, 11) is 1.60. The molecule has 1 atom stereocenters. The Morgan fingerprint density at radius 3 is 2.75 bits per heavy atom. The van der Waals surface area contributed by atoms with Gasteiger partial charge in [0.05, 0.1) is 6.61 Å². The fourth-order valence-corrected chi connectivity index (χ4v) is 1.73. The first-order valence-corrected chi connectivity index (χ1v) is 5.36. The van der Waals surface area contributed by atoms with Gasteiger partial charge in [-0.15, -0.1) is 0 Å². The Labute approximate surface area is 94.2 Å². The van der Waals surface area contributed by atoms with E-state index in [0.717, 1.165) is 0 Å². The molecule has 0 aromatic carbocycles. The molecule has 0 aromatic rings. The number of guanidine groups is 1. The predicted molar refractivity (Wildman–Crippen MR) is 58.6 cm³/mol. The third kappa shape index (κ3) is 4.30. The second kappa shape index (κ2) is 5.43. The van der Waals surface area contributed by atoms with E-state index in [1.807, 2.05) is 6.92 Å². The van der Waals surface area contributed by atoms with Crippen molar-refractivity contribution < 1.29 is 13.5 Å². The van der Waals surface area contributed by atoms with Crippen molar-refractivity contribution >= 4 is 5.96 Å². The number of nitrogens with zero attached hydrogens (tertiary/aromatic N) is 1. The molecule has 0 heterocycles. The molecule has 4 nitrogen and oxygen atoms in total. The van der Waals surface area contributed by atoms with Gasteiger partial charge in [0.25, 0.3) is 0 Å². The number of halogens is 2. The number of hydrogen-bond acceptors (Lipinski definition) is 2. The smallest absolute Gasteiger partial charge is 0.248 e. The van der Waals surface area contributed by atoms with Crippen LogP contribution in [0.25, 0.3) is 0 Å². The number of nitrogens with two attached hydrogens (primary N) is 1. The number of alkyl halides is 2. The van der Waals surface area contributed by atoms with Crippen LogP contribution in [-0.2, 0) is 4.74 Å². The molecule has 1 saturated carbocycles. The van der Waals surface area contributed by atoms with Gasteiger partial charge in [0.1, 0.15) is 0 Å². The fourth-order valence-electron chi connectivity index (χ4n) is 1.73. The van der Waals surface area contributed by atoms with Crippen LogP contribution in [0.3, 0.4) is 0 Å². The van der Waals surface area contributed by atoms with Crippen LogP contribution in [0.1, 0.15) is 19.8 Å². The third-order valence-electron chi connectivity index (χ3n) is 2.51. The molecule has 1 fully saturated rings. The van der Waals surface area contributed by atoms with Crippen molar-refractivity contribution in [2.75, 3.05) is 20.3 Å². The van der Waals surface area contributed by atoms with Gasteiger partial charge in [-0.1, -0.05) is 0 Å². The molecule has 0 spiro atoms. The minimum absolute atomic E-state index is 0.0342. The highest BCUT2D eigenvalue weighted by molar-refractivity contribution is 5.78. The molecule has 0 aliphatic heterocycles. The molecule has 0 amide bonds. The second-order valence-electron chi connectivity index (χ2n) is 4.36. The normalized spacial score (nSPS) is 22.6. The van der Waals surface area contributed by atoms with Crippen LogP contribution in [0.5, 0.6) is 0 Å². The summed E-state index contributed by atoms with van der Waals surface area (Å²) in [5.74, 6) is -2.22. The van der Waals surface area contributed by atoms with Crippen molar-refractivity contribution in [1.29, 1.82) is 0 Å². The van der Waals surface area contributed by atoms with Gasteiger partial charge in [-0.2, -0.15) is 0 Å². The van der Waals surface area contributed by atoms with E-state index in [0.29, 0.717) is 19.1 Å². The number of nitrogens with one attached hydrogen (secondary N) is 1. The highest BCUT2D eigenvalue weighted by Crippen LogP contribution is 2.42. The maximum atomic E-state index is 12.5. The summed E-state index contributed by atoms with van der Waals surface area (Å²) in [4.78, 5) is 4.03. The van der Waals surface area contributed by atoms with Gasteiger partial charge in [-0.05, 0) is 12.8 Å². The molecule has 1 aliphatic carbocycles. The summed E-state index contributed by atoms with van der Waals surface area (Å²) in [6.45, 7) is 2.80. The molecular weight excluding hydrogens is 216 g/mol. The van der Waals surface area contributed by atoms with Gasteiger partial charge < -0.3 is 15.8 Å². The molecule has 3 N–H and O–H groups in total. The Morgan fingerprint density at radius 2 is 2.25 bits per heavy atom. The molecule has 0 bridgehead atoms. The van der Waals surface area contributed by atoms with E-state index in [1.54, 1.807) is 7.11 Å². The topological polar surface area (TPSA) is 59.6 Å². The van der Waals surface area contributed by atoms with Crippen molar-refractivity contribution in [3.05, 3.63) is 0 Å². The van der Waals surface area contributed by atoms with Crippen LogP contribution in [0.4, 0.5) is 8.78 Å². The molecule has 0 radical (unpaired) electrons. The maximum Gasteiger partial charge on any atom is 0.248 e. The van der Waals surface area contributed by atoms with E-state index in [2.05, 4.69) is 10.3 Å². The zero-order chi connectivity index (χ0) is 12.2. The summed E-state index contributed by atoms with van der Waals surface area (Å²) in [5.41, 5.74) is 5.60. The fraction of sp³-hybridized carbons (Fsp3) is 0.900. The molecule has 0 aromatic heterocycles. The minimum Gasteiger partial charge on any atom is -0.383 e. The minimum atomic E-state index is -2.48. The lowest BCUT2D eigenvalue weighted by molar-refractivity contribution is -0.107. The molecule has 1 unspecified atom stereocenters. The predicted octanol–water partition coefficient (Wildman–Crippen LogP) is 0.971. The van der Waals surface area contributed by atoms with Gasteiger partial charge in [0.2, 0.25) is 5.92 Å². The van der Waals surface area contributed by atoms with Crippen molar-refractivity contribution in [2.45, 2.75) is 31.7 Å². The highest BCUT2D eigenvalue weighted by atomic mass is 19.3. The summed E-state index contributed by atoms with van der Waals surface area (Å²) < 4.78 is 29.9. The van der Waals surface area contributed by atoms with Crippen LogP contribution >= 0.6 is 0 Å². The molecule has 1 rings (SSSR count). The number of rotatable bonds is 5. The Kier molecular flexibility index (Phi) is 4.46. The number of aliphatic imine (C=N–C) groups is 1. The SMILES string of the molecule is COCC(C)NC(N)=NCC1CC(F)(F)C1. The van der Waals surface area contributed by atoms with E-state index in [1.165, 1.54) is 0 Å². The van der Waals surface area contributed by atoms with E-state index in [4.69, 9.17) is 10.5 Å². The molecule has 6 heteroatoms. The average Bonchev–Trinajstić information content (AvgIpc) is 2.11. The quantitative estimate of drug-likeness (QED) is 0.551. The molecule has 94 valence electrons. The van der Waals surface area contributed by atoms with Crippen molar-refractivity contribution in [1.82, 2.24) is 5.32 Å². The van der Waals surface area contributed by atoms with E-state index < -0.39 is 5.92 Å². The van der Waals surface area contributed by atoms with E-state index in [-0.39, 0.29) is 24.8 Å². The van der Waals surface area contributed by atoms with E-state index >= 15 is 0 Å². The zero-order valence-electron chi connectivity index (χ0n) is 9.67. The first kappa shape index (κ1) is 13.2. The lowest BCUT2D eigenvalue weighted by Gasteiger charge is -2.33. The van der Waals surface area contributed by atoms with Crippen LogP contribution in [-0.4, -0.2) is 38.2 Å². The standard InChI is InChI=1S/C10H19F2N3O/c1-7(6-16-2)15-9(13)14-5-8-3-10(11,12)4-8/h7-8H,3-6H2,1-2H3,(H3,13,14,15). The Hall–Kier alpha value is -0.910. The van der Waals surface area contributed by atoms with Gasteiger partial charge in [-0.3, -0.25) is 4.99 Å². The van der Waals surface area contributed by atoms with Gasteiger partial charge in [-0.25, -0.2) is 8.78 Å². The number of ether oxygens (including phenoxy) is 1. The monoisotopic (exact) mass is 235 g/mol. The first-order valence-electron chi connectivity index (χ1n) is 5.36. The van der Waals surface area contributed by atoms with Gasteiger partial charge in [0.15, 0.2) is 5.96 Å². The summed E-state index contributed by atoms with van der Waals surface area (Å²) in [6.07, 6.45) is -0.144. The van der Waals surface area contributed by atoms with Gasteiger partial charge >= 0.3 is 0 Å². The number of hydrogen-bond donors (Lipinski definition) is 2. The summed E-state index contributed by atoms with van der Waals surface area (Å²) >= 11 is 0. The summed E-state index contributed by atoms with van der Waals surface area (Å²) in [5, 5.41) is 2.92. The van der Waals surface area contributed by atoms with Crippen molar-refractivity contribution in [2.24, 2.45) is 16.6 Å². The lowest BCUT2D eigenvalue weighted by atomic mass is 9.81. The molecule has 1 aliphatic rings. The largest absolute Gasteiger partial charge is 0.383 e. The van der Waals surface area contributed by atoms with Gasteiger partial charge in [0, 0.05) is 32.5 Å². The first-order chi connectivity index (χ1) is 7.43. The van der Waals surface area contributed by atoms with Crippen LogP contribution in [0, 0.1) is 5.92 Å². The zero-order valence-corrected chi connectivity index (χ0v) is 9.67. The maximum absolute atomic E-state index is 12.5. The van der Waals surface area contributed by atoms with Crippen LogP contribution < -0.4 is 11.1 Å². The average molecular weight is 235 g/mol. The Bertz CT molecular complexity index is 250. The summed E-state index contributed by atoms with van der Waals surface area (Å²) in [6, 6.07) is 0.0663. The molecule has 0 saturated heterocycles. The second-order valence-corrected chi connectivity index (χ2v) is 4.36. The van der Waals surface area contributed by atoms with Crippen LogP contribution in [0.2, 0.25) is 0 Å². The third-order valence-corrected chi connectivity index (χ3v) is 2.51. The molecule has 16 heavy (non-hydrogen) atoms.